The van der Waals surface area contributed by atoms with Gasteiger partial charge in [-0.1, -0.05) is 40.2 Å². The highest BCUT2D eigenvalue weighted by Crippen LogP contribution is 2.26. The average Bonchev–Trinajstić information content (AvgIpc) is 2.40. The van der Waals surface area contributed by atoms with Crippen molar-refractivity contribution in [1.29, 1.82) is 0 Å². The van der Waals surface area contributed by atoms with Gasteiger partial charge in [-0.15, -0.1) is 0 Å². The molecule has 0 bridgehead atoms. The van der Waals surface area contributed by atoms with Crippen LogP contribution < -0.4 is 5.73 Å². The van der Waals surface area contributed by atoms with E-state index in [9.17, 15) is 8.42 Å². The van der Waals surface area contributed by atoms with Crippen LogP contribution in [-0.2, 0) is 16.6 Å². The van der Waals surface area contributed by atoms with Gasteiger partial charge < -0.3 is 5.73 Å². The molecule has 0 unspecified atom stereocenters. The molecule has 2 N–H and O–H groups in total. The summed E-state index contributed by atoms with van der Waals surface area (Å²) in [4.78, 5) is 0.185. The zero-order valence-electron chi connectivity index (χ0n) is 11.9. The van der Waals surface area contributed by atoms with Gasteiger partial charge in [-0.2, -0.15) is 4.31 Å². The summed E-state index contributed by atoms with van der Waals surface area (Å²) in [5.74, 6) is 0. The van der Waals surface area contributed by atoms with E-state index in [-0.39, 0.29) is 10.6 Å². The van der Waals surface area contributed by atoms with Crippen LogP contribution in [0.2, 0.25) is 0 Å². The van der Waals surface area contributed by atoms with Crippen LogP contribution in [0.15, 0.2) is 51.8 Å². The SMILES string of the molecule is Cc1cccc(N)c1S(=O)(=O)N(C)Cc1ccc(Br)cc1. The van der Waals surface area contributed by atoms with E-state index in [1.165, 1.54) is 4.31 Å². The fourth-order valence-electron chi connectivity index (χ4n) is 2.12. The van der Waals surface area contributed by atoms with Crippen LogP contribution in [0.1, 0.15) is 11.1 Å². The van der Waals surface area contributed by atoms with Gasteiger partial charge in [0.1, 0.15) is 4.90 Å². The first-order chi connectivity index (χ1) is 9.82. The molecule has 0 aliphatic carbocycles. The molecule has 4 nitrogen and oxygen atoms in total. The van der Waals surface area contributed by atoms with E-state index in [1.54, 1.807) is 32.2 Å². The molecule has 0 fully saturated rings. The number of benzene rings is 2. The van der Waals surface area contributed by atoms with Gasteiger partial charge in [-0.05, 0) is 36.2 Å². The molecule has 2 aromatic rings. The lowest BCUT2D eigenvalue weighted by atomic mass is 10.2. The Bertz CT molecular complexity index is 723. The summed E-state index contributed by atoms with van der Waals surface area (Å²) in [7, 11) is -2.05. The standard InChI is InChI=1S/C15H17BrN2O2S/c1-11-4-3-5-14(17)15(11)21(19,20)18(2)10-12-6-8-13(16)9-7-12/h3-9H,10,17H2,1-2H3. The Labute approximate surface area is 133 Å². The number of hydrogen-bond donors (Lipinski definition) is 1. The van der Waals surface area contributed by atoms with E-state index < -0.39 is 10.0 Å². The summed E-state index contributed by atoms with van der Waals surface area (Å²) < 4.78 is 27.6. The van der Waals surface area contributed by atoms with Gasteiger partial charge in [-0.3, -0.25) is 0 Å². The maximum atomic E-state index is 12.7. The van der Waals surface area contributed by atoms with Gasteiger partial charge in [0.2, 0.25) is 10.0 Å². The number of rotatable bonds is 4. The molecule has 0 amide bonds. The molecule has 0 aliphatic rings. The highest BCUT2D eigenvalue weighted by atomic mass is 79.9. The van der Waals surface area contributed by atoms with Gasteiger partial charge >= 0.3 is 0 Å². The van der Waals surface area contributed by atoms with Gasteiger partial charge in [0.05, 0.1) is 5.69 Å². The van der Waals surface area contributed by atoms with Gasteiger partial charge in [0.15, 0.2) is 0 Å². The van der Waals surface area contributed by atoms with Crippen LogP contribution in [0.3, 0.4) is 0 Å². The minimum Gasteiger partial charge on any atom is -0.398 e. The van der Waals surface area contributed by atoms with E-state index in [4.69, 9.17) is 5.73 Å². The lowest BCUT2D eigenvalue weighted by Gasteiger charge is -2.20. The van der Waals surface area contributed by atoms with Crippen molar-refractivity contribution in [3.8, 4) is 0 Å². The lowest BCUT2D eigenvalue weighted by molar-refractivity contribution is 0.466. The number of hydrogen-bond acceptors (Lipinski definition) is 3. The van der Waals surface area contributed by atoms with Crippen molar-refractivity contribution in [2.24, 2.45) is 0 Å². The van der Waals surface area contributed by atoms with Crippen molar-refractivity contribution < 1.29 is 8.42 Å². The molecule has 0 saturated heterocycles. The number of nitrogens with two attached hydrogens (primary N) is 1. The Morgan fingerprint density at radius 2 is 1.76 bits per heavy atom. The molecule has 21 heavy (non-hydrogen) atoms. The first kappa shape index (κ1) is 16.0. The summed E-state index contributed by atoms with van der Waals surface area (Å²) in [5, 5.41) is 0. The molecule has 0 radical (unpaired) electrons. The topological polar surface area (TPSA) is 63.4 Å². The molecule has 0 atom stereocenters. The Balaban J connectivity index is 2.33. The van der Waals surface area contributed by atoms with Crippen molar-refractivity contribution in [3.05, 3.63) is 58.1 Å². The second-order valence-electron chi connectivity index (χ2n) is 4.88. The summed E-state index contributed by atoms with van der Waals surface area (Å²) in [6, 6.07) is 12.6. The minimum atomic E-state index is -3.61. The smallest absolute Gasteiger partial charge is 0.245 e. The van der Waals surface area contributed by atoms with Crippen LogP contribution >= 0.6 is 15.9 Å². The maximum Gasteiger partial charge on any atom is 0.245 e. The third-order valence-corrected chi connectivity index (χ3v) is 5.78. The van der Waals surface area contributed by atoms with Crippen molar-refractivity contribution in [2.75, 3.05) is 12.8 Å². The number of aryl methyl sites for hydroxylation is 1. The predicted octanol–water partition coefficient (Wildman–Crippen LogP) is 3.16. The summed E-state index contributed by atoms with van der Waals surface area (Å²) in [5.41, 5.74) is 7.69. The Hall–Kier alpha value is -1.37. The largest absolute Gasteiger partial charge is 0.398 e. The number of sulfonamides is 1. The zero-order valence-corrected chi connectivity index (χ0v) is 14.3. The fourth-order valence-corrected chi connectivity index (χ4v) is 3.85. The molecule has 2 rings (SSSR count). The zero-order chi connectivity index (χ0) is 15.6. The molecular formula is C15H17BrN2O2S. The number of halogens is 1. The Kier molecular flexibility index (Phi) is 4.70. The van der Waals surface area contributed by atoms with Crippen LogP contribution in [0.4, 0.5) is 5.69 Å². The number of anilines is 1. The molecule has 0 saturated carbocycles. The van der Waals surface area contributed by atoms with Crippen molar-refractivity contribution in [3.63, 3.8) is 0 Å². The molecule has 0 aromatic heterocycles. The molecule has 0 spiro atoms. The third kappa shape index (κ3) is 3.45. The highest BCUT2D eigenvalue weighted by molar-refractivity contribution is 9.10. The molecule has 0 aliphatic heterocycles. The summed E-state index contributed by atoms with van der Waals surface area (Å²) in [6.07, 6.45) is 0. The predicted molar refractivity (Wildman–Crippen MR) is 88.4 cm³/mol. The minimum absolute atomic E-state index is 0.185. The van der Waals surface area contributed by atoms with E-state index in [2.05, 4.69) is 15.9 Å². The van der Waals surface area contributed by atoms with Gasteiger partial charge in [0.25, 0.3) is 0 Å². The molecular weight excluding hydrogens is 352 g/mol. The normalized spacial score (nSPS) is 11.8. The van der Waals surface area contributed by atoms with E-state index in [0.29, 0.717) is 12.1 Å². The average molecular weight is 369 g/mol. The van der Waals surface area contributed by atoms with Crippen LogP contribution in [-0.4, -0.2) is 19.8 Å². The lowest BCUT2D eigenvalue weighted by Crippen LogP contribution is -2.27. The molecule has 0 heterocycles. The monoisotopic (exact) mass is 368 g/mol. The fraction of sp³-hybridized carbons (Fsp3) is 0.200. The van der Waals surface area contributed by atoms with Crippen LogP contribution in [0, 0.1) is 6.92 Å². The maximum absolute atomic E-state index is 12.7. The van der Waals surface area contributed by atoms with Gasteiger partial charge in [0, 0.05) is 18.1 Å². The second kappa shape index (κ2) is 6.17. The summed E-state index contributed by atoms with van der Waals surface area (Å²) in [6.45, 7) is 2.04. The third-order valence-electron chi connectivity index (χ3n) is 3.23. The second-order valence-corrected chi connectivity index (χ2v) is 7.78. The molecule has 112 valence electrons. The first-order valence-corrected chi connectivity index (χ1v) is 8.61. The molecule has 2 aromatic carbocycles. The summed E-state index contributed by atoms with van der Waals surface area (Å²) >= 11 is 3.36. The van der Waals surface area contributed by atoms with E-state index >= 15 is 0 Å². The van der Waals surface area contributed by atoms with E-state index in [1.807, 2.05) is 24.3 Å². The highest BCUT2D eigenvalue weighted by Gasteiger charge is 2.25. The van der Waals surface area contributed by atoms with E-state index in [0.717, 1.165) is 10.0 Å². The van der Waals surface area contributed by atoms with Crippen LogP contribution in [0.25, 0.3) is 0 Å². The number of nitrogens with zero attached hydrogens (tertiary/aromatic N) is 1. The first-order valence-electron chi connectivity index (χ1n) is 6.38. The molecule has 6 heteroatoms. The van der Waals surface area contributed by atoms with Crippen molar-refractivity contribution in [2.45, 2.75) is 18.4 Å². The Morgan fingerprint density at radius 3 is 2.33 bits per heavy atom. The Morgan fingerprint density at radius 1 is 1.14 bits per heavy atom. The number of nitrogen functional groups attached to an aromatic ring is 1. The van der Waals surface area contributed by atoms with Crippen molar-refractivity contribution in [1.82, 2.24) is 4.31 Å². The van der Waals surface area contributed by atoms with Gasteiger partial charge in [-0.25, -0.2) is 8.42 Å². The quantitative estimate of drug-likeness (QED) is 0.842. The van der Waals surface area contributed by atoms with Crippen molar-refractivity contribution >= 4 is 31.6 Å². The van der Waals surface area contributed by atoms with Crippen LogP contribution in [0.5, 0.6) is 0 Å².